The highest BCUT2D eigenvalue weighted by Gasteiger charge is 2.19. The number of fused-ring (bicyclic) bond motifs is 3. The van der Waals surface area contributed by atoms with Crippen molar-refractivity contribution in [3.63, 3.8) is 0 Å². The fourth-order valence-corrected chi connectivity index (χ4v) is 2.80. The molecule has 0 saturated heterocycles. The quantitative estimate of drug-likeness (QED) is 0.722. The van der Waals surface area contributed by atoms with Crippen LogP contribution in [0.15, 0.2) is 36.4 Å². The van der Waals surface area contributed by atoms with Crippen LogP contribution in [0, 0.1) is 0 Å². The van der Waals surface area contributed by atoms with Crippen LogP contribution in [0.2, 0.25) is 0 Å². The monoisotopic (exact) mass is 267 g/mol. The number of nitrogens with two attached hydrogens (primary N) is 1. The fraction of sp³-hybridized carbons (Fsp3) is 0.188. The molecule has 2 aromatic rings. The molecule has 2 N–H and O–H groups in total. The second-order valence-electron chi connectivity index (χ2n) is 4.94. The molecule has 0 aliphatic heterocycles. The zero-order valence-electron chi connectivity index (χ0n) is 11.2. The number of hydrogen-bond donors (Lipinski definition) is 1. The smallest absolute Gasteiger partial charge is 0.141 e. The van der Waals surface area contributed by atoms with Gasteiger partial charge in [-0.3, -0.25) is 0 Å². The van der Waals surface area contributed by atoms with E-state index in [0.29, 0.717) is 12.2 Å². The first kappa shape index (κ1) is 12.5. The molecule has 4 heteroatoms. The van der Waals surface area contributed by atoms with Crippen molar-refractivity contribution < 1.29 is 9.90 Å². The number of carbonyl (C=O) groups is 1. The van der Waals surface area contributed by atoms with E-state index in [-0.39, 0.29) is 0 Å². The van der Waals surface area contributed by atoms with Gasteiger partial charge in [0.25, 0.3) is 0 Å². The van der Waals surface area contributed by atoms with Gasteiger partial charge in [0.2, 0.25) is 0 Å². The third kappa shape index (κ3) is 1.90. The first-order valence-corrected chi connectivity index (χ1v) is 6.60. The maximum absolute atomic E-state index is 11.1. The summed E-state index contributed by atoms with van der Waals surface area (Å²) in [5, 5.41) is 11.1. The van der Waals surface area contributed by atoms with Gasteiger partial charge >= 0.3 is 0 Å². The van der Waals surface area contributed by atoms with E-state index in [2.05, 4.69) is 0 Å². The molecule has 102 valence electrons. The Morgan fingerprint density at radius 3 is 2.50 bits per heavy atom. The summed E-state index contributed by atoms with van der Waals surface area (Å²) in [6.07, 6.45) is -0.388. The summed E-state index contributed by atoms with van der Waals surface area (Å²) in [5.41, 5.74) is 11.9. The largest absolute Gasteiger partial charge is 0.530 e. The minimum atomic E-state index is -1.17. The van der Waals surface area contributed by atoms with Crippen LogP contribution >= 0.6 is 0 Å². The number of amides is 1. The molecule has 0 radical (unpaired) electrons. The maximum atomic E-state index is 11.1. The Kier molecular flexibility index (Phi) is 2.86. The number of nitrogen functional groups attached to an aromatic ring is 1. The molecular formula is C16H15N2O2-. The number of benzene rings is 2. The molecule has 0 spiro atoms. The van der Waals surface area contributed by atoms with Crippen LogP contribution in [0.4, 0.5) is 16.2 Å². The lowest BCUT2D eigenvalue weighted by atomic mass is 10.0. The van der Waals surface area contributed by atoms with Crippen LogP contribution < -0.4 is 15.7 Å². The molecule has 3 rings (SSSR count). The summed E-state index contributed by atoms with van der Waals surface area (Å²) in [7, 11) is 0. The Morgan fingerprint density at radius 1 is 1.20 bits per heavy atom. The Bertz CT molecular complexity index is 695. The van der Waals surface area contributed by atoms with E-state index in [1.807, 2.05) is 36.4 Å². The third-order valence-corrected chi connectivity index (χ3v) is 3.74. The van der Waals surface area contributed by atoms with Crippen molar-refractivity contribution in [3.05, 3.63) is 47.5 Å². The number of carboxylic acid groups (broad SMARTS) is 1. The molecule has 1 aliphatic rings. The Balaban J connectivity index is 2.04. The van der Waals surface area contributed by atoms with Crippen molar-refractivity contribution in [2.45, 2.75) is 13.3 Å². The Hall–Kier alpha value is -2.49. The van der Waals surface area contributed by atoms with Crippen molar-refractivity contribution in [1.82, 2.24) is 0 Å². The highest BCUT2D eigenvalue weighted by Crippen LogP contribution is 2.39. The molecule has 4 nitrogen and oxygen atoms in total. The molecule has 0 bridgehead atoms. The third-order valence-electron chi connectivity index (χ3n) is 3.74. The highest BCUT2D eigenvalue weighted by atomic mass is 16.4. The van der Waals surface area contributed by atoms with Gasteiger partial charge in [-0.1, -0.05) is 12.1 Å². The van der Waals surface area contributed by atoms with Crippen molar-refractivity contribution in [3.8, 4) is 11.1 Å². The second kappa shape index (κ2) is 4.56. The van der Waals surface area contributed by atoms with E-state index < -0.39 is 6.09 Å². The molecular weight excluding hydrogens is 252 g/mol. The number of rotatable bonds is 2. The minimum Gasteiger partial charge on any atom is -0.530 e. The Labute approximate surface area is 117 Å². The maximum Gasteiger partial charge on any atom is 0.141 e. The zero-order chi connectivity index (χ0) is 14.3. The molecule has 1 aliphatic carbocycles. The lowest BCUT2D eigenvalue weighted by Gasteiger charge is -2.24. The number of nitrogens with zero attached hydrogens (tertiary/aromatic N) is 1. The minimum absolute atomic E-state index is 0.376. The van der Waals surface area contributed by atoms with E-state index in [1.165, 1.54) is 16.0 Å². The molecule has 0 unspecified atom stereocenters. The SMILES string of the molecule is CCN(C(=O)[O-])c1ccc2c(c1)Cc1cc(N)ccc1-2. The van der Waals surface area contributed by atoms with E-state index in [4.69, 9.17) is 5.73 Å². The van der Waals surface area contributed by atoms with Crippen molar-refractivity contribution in [2.24, 2.45) is 0 Å². The average molecular weight is 267 g/mol. The van der Waals surface area contributed by atoms with Crippen LogP contribution in [-0.2, 0) is 6.42 Å². The standard InChI is InChI=1S/C16H16N2O2/c1-2-18(16(19)20)13-4-6-15-11(9-13)7-10-8-12(17)3-5-14(10)15/h3-6,8-9H,2,7,17H2,1H3,(H,19,20)/p-1. The second-order valence-corrected chi connectivity index (χ2v) is 4.94. The van der Waals surface area contributed by atoms with Crippen LogP contribution in [0.5, 0.6) is 0 Å². The van der Waals surface area contributed by atoms with Gasteiger partial charge in [0.15, 0.2) is 0 Å². The topological polar surface area (TPSA) is 69.4 Å². The van der Waals surface area contributed by atoms with Crippen molar-refractivity contribution in [1.29, 1.82) is 0 Å². The number of carbonyl (C=O) groups excluding carboxylic acids is 1. The van der Waals surface area contributed by atoms with Gasteiger partial charge in [0, 0.05) is 17.9 Å². The van der Waals surface area contributed by atoms with Gasteiger partial charge in [-0.15, -0.1) is 0 Å². The first-order chi connectivity index (χ1) is 9.60. The summed E-state index contributed by atoms with van der Waals surface area (Å²) in [6.45, 7) is 2.17. The molecule has 0 aromatic heterocycles. The van der Waals surface area contributed by atoms with Gasteiger partial charge in [0.1, 0.15) is 6.09 Å². The Morgan fingerprint density at radius 2 is 1.85 bits per heavy atom. The van der Waals surface area contributed by atoms with E-state index in [1.54, 1.807) is 6.92 Å². The van der Waals surface area contributed by atoms with Gasteiger partial charge < -0.3 is 20.5 Å². The van der Waals surface area contributed by atoms with Crippen molar-refractivity contribution in [2.75, 3.05) is 17.2 Å². The van der Waals surface area contributed by atoms with Gasteiger partial charge in [-0.05, 0) is 59.9 Å². The predicted octanol–water partition coefficient (Wildman–Crippen LogP) is 2.01. The average Bonchev–Trinajstić information content (AvgIpc) is 2.75. The molecule has 0 fully saturated rings. The summed E-state index contributed by atoms with van der Waals surface area (Å²) in [5.74, 6) is 0. The van der Waals surface area contributed by atoms with E-state index in [9.17, 15) is 9.90 Å². The van der Waals surface area contributed by atoms with Crippen LogP contribution in [-0.4, -0.2) is 12.6 Å². The molecule has 2 aromatic carbocycles. The molecule has 20 heavy (non-hydrogen) atoms. The van der Waals surface area contributed by atoms with Crippen LogP contribution in [0.3, 0.4) is 0 Å². The van der Waals surface area contributed by atoms with Crippen LogP contribution in [0.1, 0.15) is 18.1 Å². The summed E-state index contributed by atoms with van der Waals surface area (Å²) < 4.78 is 0. The van der Waals surface area contributed by atoms with Gasteiger partial charge in [0.05, 0.1) is 0 Å². The van der Waals surface area contributed by atoms with Gasteiger partial charge in [-0.2, -0.15) is 0 Å². The fourth-order valence-electron chi connectivity index (χ4n) is 2.80. The molecule has 1 amide bonds. The summed E-state index contributed by atoms with van der Waals surface area (Å²) in [4.78, 5) is 12.3. The first-order valence-electron chi connectivity index (χ1n) is 6.60. The normalized spacial score (nSPS) is 11.8. The highest BCUT2D eigenvalue weighted by molar-refractivity contribution is 5.87. The number of hydrogen-bond acceptors (Lipinski definition) is 3. The summed E-state index contributed by atoms with van der Waals surface area (Å²) in [6, 6.07) is 11.6. The summed E-state index contributed by atoms with van der Waals surface area (Å²) >= 11 is 0. The van der Waals surface area contributed by atoms with Crippen molar-refractivity contribution >= 4 is 17.5 Å². The lowest BCUT2D eigenvalue weighted by molar-refractivity contribution is -0.246. The van der Waals surface area contributed by atoms with Crippen LogP contribution in [0.25, 0.3) is 11.1 Å². The molecule has 0 atom stereocenters. The predicted molar refractivity (Wildman–Crippen MR) is 77.5 cm³/mol. The molecule has 0 saturated carbocycles. The van der Waals surface area contributed by atoms with E-state index in [0.717, 1.165) is 23.2 Å². The lowest BCUT2D eigenvalue weighted by Crippen LogP contribution is -2.41. The zero-order valence-corrected chi connectivity index (χ0v) is 11.2. The van der Waals surface area contributed by atoms with Gasteiger partial charge in [-0.25, -0.2) is 0 Å². The number of anilines is 2. The van der Waals surface area contributed by atoms with E-state index >= 15 is 0 Å². The molecule has 0 heterocycles.